The number of fused-ring (bicyclic) bond motifs is 1. The third-order valence-electron chi connectivity index (χ3n) is 4.79. The van der Waals surface area contributed by atoms with E-state index in [1.54, 1.807) is 6.92 Å². The van der Waals surface area contributed by atoms with Gasteiger partial charge in [0.05, 0.1) is 36.2 Å². The third kappa shape index (κ3) is 5.18. The van der Waals surface area contributed by atoms with E-state index in [1.165, 1.54) is 32.2 Å². The highest BCUT2D eigenvalue weighted by atomic mass is 19.4. The van der Waals surface area contributed by atoms with E-state index in [4.69, 9.17) is 14.2 Å². The number of nitrogens with zero attached hydrogens (tertiary/aromatic N) is 1. The highest BCUT2D eigenvalue weighted by Gasteiger charge is 2.35. The average Bonchev–Trinajstić information content (AvgIpc) is 2.77. The van der Waals surface area contributed by atoms with Crippen LogP contribution in [0.2, 0.25) is 0 Å². The van der Waals surface area contributed by atoms with Gasteiger partial charge >= 0.3 is 12.1 Å². The molecule has 1 unspecified atom stereocenters. The van der Waals surface area contributed by atoms with Gasteiger partial charge in [-0.25, -0.2) is 4.79 Å². The van der Waals surface area contributed by atoms with Gasteiger partial charge in [-0.2, -0.15) is 13.2 Å². The van der Waals surface area contributed by atoms with Crippen molar-refractivity contribution < 1.29 is 41.8 Å². The van der Waals surface area contributed by atoms with Crippen LogP contribution in [-0.4, -0.2) is 44.1 Å². The Morgan fingerprint density at radius 1 is 1.15 bits per heavy atom. The van der Waals surface area contributed by atoms with E-state index in [9.17, 15) is 27.6 Å². The van der Waals surface area contributed by atoms with Gasteiger partial charge in [-0.1, -0.05) is 0 Å². The smallest absolute Gasteiger partial charge is 0.416 e. The number of methoxy groups -OCH3 is 1. The summed E-state index contributed by atoms with van der Waals surface area (Å²) in [6, 6.07) is 6.99. The number of benzene rings is 2. The van der Waals surface area contributed by atoms with E-state index >= 15 is 0 Å². The summed E-state index contributed by atoms with van der Waals surface area (Å²) >= 11 is 0. The van der Waals surface area contributed by atoms with E-state index < -0.39 is 42.2 Å². The second kappa shape index (κ2) is 9.39. The molecule has 0 bridgehead atoms. The highest BCUT2D eigenvalue weighted by Crippen LogP contribution is 2.37. The molecule has 8 nitrogen and oxygen atoms in total. The molecule has 1 aliphatic heterocycles. The number of hydrogen-bond donors (Lipinski definition) is 1. The molecule has 176 valence electrons. The Kier molecular flexibility index (Phi) is 6.80. The zero-order valence-electron chi connectivity index (χ0n) is 18.0. The summed E-state index contributed by atoms with van der Waals surface area (Å²) in [5.41, 5.74) is -0.969. The minimum absolute atomic E-state index is 0.0678. The van der Waals surface area contributed by atoms with E-state index in [-0.39, 0.29) is 16.9 Å². The SMILES string of the molecule is CCOc1ccc(C(=O)OC(C)C(=O)N2CC(=O)Nc3cc(C(F)(F)F)ccc32)cc1OC. The Morgan fingerprint density at radius 3 is 2.52 bits per heavy atom. The van der Waals surface area contributed by atoms with E-state index in [0.717, 1.165) is 23.1 Å². The molecule has 0 fully saturated rings. The zero-order valence-corrected chi connectivity index (χ0v) is 18.0. The van der Waals surface area contributed by atoms with Crippen LogP contribution in [0.5, 0.6) is 11.5 Å². The predicted molar refractivity (Wildman–Crippen MR) is 111 cm³/mol. The van der Waals surface area contributed by atoms with Gasteiger partial charge in [0, 0.05) is 0 Å². The third-order valence-corrected chi connectivity index (χ3v) is 4.79. The molecule has 33 heavy (non-hydrogen) atoms. The second-order valence-electron chi connectivity index (χ2n) is 7.05. The molecule has 3 rings (SSSR count). The molecule has 1 aliphatic rings. The number of hydrogen-bond acceptors (Lipinski definition) is 6. The largest absolute Gasteiger partial charge is 0.493 e. The maximum Gasteiger partial charge on any atom is 0.416 e. The molecule has 11 heteroatoms. The molecule has 0 saturated carbocycles. The molecule has 0 aliphatic carbocycles. The molecule has 0 spiro atoms. The summed E-state index contributed by atoms with van der Waals surface area (Å²) < 4.78 is 54.8. The first-order valence-electron chi connectivity index (χ1n) is 9.89. The van der Waals surface area contributed by atoms with Gasteiger partial charge < -0.3 is 19.5 Å². The molecular weight excluding hydrogens is 445 g/mol. The Balaban J connectivity index is 1.79. The predicted octanol–water partition coefficient (Wildman–Crippen LogP) is 3.64. The number of ether oxygens (including phenoxy) is 3. The number of esters is 1. The fourth-order valence-electron chi connectivity index (χ4n) is 3.23. The van der Waals surface area contributed by atoms with E-state index in [2.05, 4.69) is 5.32 Å². The van der Waals surface area contributed by atoms with Crippen LogP contribution < -0.4 is 19.7 Å². The van der Waals surface area contributed by atoms with Crippen LogP contribution in [0.1, 0.15) is 29.8 Å². The molecule has 1 atom stereocenters. The summed E-state index contributed by atoms with van der Waals surface area (Å²) in [6.45, 7) is 3.05. The van der Waals surface area contributed by atoms with Crippen molar-refractivity contribution in [3.05, 3.63) is 47.5 Å². The zero-order chi connectivity index (χ0) is 24.3. The van der Waals surface area contributed by atoms with Gasteiger partial charge in [-0.3, -0.25) is 14.5 Å². The summed E-state index contributed by atoms with van der Waals surface area (Å²) in [6.07, 6.45) is -5.94. The van der Waals surface area contributed by atoms with E-state index in [0.29, 0.717) is 18.1 Å². The number of anilines is 2. The Bertz CT molecular complexity index is 1090. The van der Waals surface area contributed by atoms with Crippen molar-refractivity contribution >= 4 is 29.2 Å². The van der Waals surface area contributed by atoms with Crippen molar-refractivity contribution in [3.8, 4) is 11.5 Å². The fourth-order valence-corrected chi connectivity index (χ4v) is 3.23. The van der Waals surface area contributed by atoms with Gasteiger partial charge in [0.1, 0.15) is 6.54 Å². The van der Waals surface area contributed by atoms with Crippen molar-refractivity contribution in [3.63, 3.8) is 0 Å². The first-order chi connectivity index (χ1) is 15.5. The number of carbonyl (C=O) groups excluding carboxylic acids is 3. The summed E-state index contributed by atoms with van der Waals surface area (Å²) in [7, 11) is 1.40. The quantitative estimate of drug-likeness (QED) is 0.654. The lowest BCUT2D eigenvalue weighted by Gasteiger charge is -2.31. The lowest BCUT2D eigenvalue weighted by Crippen LogP contribution is -2.47. The Morgan fingerprint density at radius 2 is 1.88 bits per heavy atom. The molecule has 1 N–H and O–H groups in total. The molecule has 1 heterocycles. The van der Waals surface area contributed by atoms with Gasteiger partial charge in [-0.15, -0.1) is 0 Å². The van der Waals surface area contributed by atoms with Crippen LogP contribution in [0, 0.1) is 0 Å². The van der Waals surface area contributed by atoms with Gasteiger partial charge in [0.2, 0.25) is 5.91 Å². The van der Waals surface area contributed by atoms with Crippen molar-refractivity contribution in [1.82, 2.24) is 0 Å². The van der Waals surface area contributed by atoms with Gasteiger partial charge in [-0.05, 0) is 50.2 Å². The second-order valence-corrected chi connectivity index (χ2v) is 7.05. The number of carbonyl (C=O) groups is 3. The number of alkyl halides is 3. The van der Waals surface area contributed by atoms with Gasteiger partial charge in [0.15, 0.2) is 17.6 Å². The van der Waals surface area contributed by atoms with Crippen LogP contribution in [0.4, 0.5) is 24.5 Å². The summed E-state index contributed by atoms with van der Waals surface area (Å²) in [4.78, 5) is 38.5. The van der Waals surface area contributed by atoms with Crippen LogP contribution in [0.25, 0.3) is 0 Å². The van der Waals surface area contributed by atoms with Crippen LogP contribution in [0.3, 0.4) is 0 Å². The number of rotatable bonds is 6. The van der Waals surface area contributed by atoms with Crippen molar-refractivity contribution in [1.29, 1.82) is 0 Å². The average molecular weight is 466 g/mol. The molecule has 2 aromatic carbocycles. The number of nitrogens with one attached hydrogen (secondary N) is 1. The fraction of sp³-hybridized carbons (Fsp3) is 0.318. The molecule has 0 radical (unpaired) electrons. The van der Waals surface area contributed by atoms with Crippen LogP contribution in [-0.2, 0) is 20.5 Å². The summed E-state index contributed by atoms with van der Waals surface area (Å²) in [5.74, 6) is -1.55. The highest BCUT2D eigenvalue weighted by molar-refractivity contribution is 6.11. The molecule has 0 saturated heterocycles. The Hall–Kier alpha value is -3.76. The number of amides is 2. The van der Waals surface area contributed by atoms with Crippen molar-refractivity contribution in [2.75, 3.05) is 30.5 Å². The normalized spacial score (nSPS) is 14.1. The molecule has 2 amide bonds. The van der Waals surface area contributed by atoms with E-state index in [1.807, 2.05) is 0 Å². The van der Waals surface area contributed by atoms with Crippen molar-refractivity contribution in [2.45, 2.75) is 26.1 Å². The lowest BCUT2D eigenvalue weighted by atomic mass is 10.1. The number of halogens is 3. The maximum absolute atomic E-state index is 13.0. The van der Waals surface area contributed by atoms with Crippen molar-refractivity contribution in [2.24, 2.45) is 0 Å². The lowest BCUT2D eigenvalue weighted by molar-refractivity contribution is -0.137. The first-order valence-corrected chi connectivity index (χ1v) is 9.89. The maximum atomic E-state index is 13.0. The molecular formula is C22H21F3N2O6. The topological polar surface area (TPSA) is 94.2 Å². The minimum Gasteiger partial charge on any atom is -0.493 e. The van der Waals surface area contributed by atoms with Crippen LogP contribution in [0.15, 0.2) is 36.4 Å². The monoisotopic (exact) mass is 466 g/mol. The standard InChI is InChI=1S/C22H21F3N2O6/c1-4-32-17-8-5-13(9-18(17)31-3)21(30)33-12(2)20(29)27-11-19(28)26-15-10-14(22(23,24)25)6-7-16(15)27/h5-10,12H,4,11H2,1-3H3,(H,26,28). The molecule has 0 aromatic heterocycles. The van der Waals surface area contributed by atoms with Crippen LogP contribution >= 0.6 is 0 Å². The molecule has 2 aromatic rings. The minimum atomic E-state index is -4.62. The van der Waals surface area contributed by atoms with Gasteiger partial charge in [0.25, 0.3) is 5.91 Å². The first kappa shape index (κ1) is 23.9. The summed E-state index contributed by atoms with van der Waals surface area (Å²) in [5, 5.41) is 2.32. The Labute approximate surface area is 187 Å².